The van der Waals surface area contributed by atoms with Gasteiger partial charge in [-0.2, -0.15) is 0 Å². The molecule has 0 aliphatic rings. The Morgan fingerprint density at radius 2 is 1.70 bits per heavy atom. The number of benzene rings is 2. The molecule has 5 nitrogen and oxygen atoms in total. The predicted molar refractivity (Wildman–Crippen MR) is 101 cm³/mol. The fraction of sp³-hybridized carbons (Fsp3) is 0. The van der Waals surface area contributed by atoms with Gasteiger partial charge in [0.15, 0.2) is 5.76 Å². The lowest BCUT2D eigenvalue weighted by Gasteiger charge is -2.09. The van der Waals surface area contributed by atoms with Gasteiger partial charge >= 0.3 is 5.97 Å². The van der Waals surface area contributed by atoms with Crippen molar-refractivity contribution in [1.29, 1.82) is 0 Å². The normalized spacial score (nSPS) is 11.1. The van der Waals surface area contributed by atoms with E-state index in [9.17, 15) is 9.59 Å². The molecular formula is C22H14O5. The summed E-state index contributed by atoms with van der Waals surface area (Å²) in [5.41, 5.74) is 0.654. The molecule has 132 valence electrons. The van der Waals surface area contributed by atoms with E-state index in [-0.39, 0.29) is 11.5 Å². The summed E-state index contributed by atoms with van der Waals surface area (Å²) in [6.45, 7) is 0. The van der Waals surface area contributed by atoms with Crippen molar-refractivity contribution in [2.24, 2.45) is 0 Å². The Morgan fingerprint density at radius 3 is 2.48 bits per heavy atom. The average Bonchev–Trinajstić information content (AvgIpc) is 3.23. The zero-order chi connectivity index (χ0) is 18.6. The Hall–Kier alpha value is -3.86. The van der Waals surface area contributed by atoms with Crippen LogP contribution in [-0.4, -0.2) is 5.97 Å². The van der Waals surface area contributed by atoms with Crippen LogP contribution in [0.3, 0.4) is 0 Å². The van der Waals surface area contributed by atoms with Gasteiger partial charge in [0.1, 0.15) is 11.3 Å². The zero-order valence-corrected chi connectivity index (χ0v) is 14.1. The molecule has 0 saturated carbocycles. The van der Waals surface area contributed by atoms with Gasteiger partial charge in [0.05, 0.1) is 11.6 Å². The van der Waals surface area contributed by atoms with Crippen LogP contribution in [0.5, 0.6) is 5.75 Å². The van der Waals surface area contributed by atoms with Crippen molar-refractivity contribution in [1.82, 2.24) is 0 Å². The lowest BCUT2D eigenvalue weighted by Crippen LogP contribution is -2.14. The molecule has 2 heterocycles. The van der Waals surface area contributed by atoms with Gasteiger partial charge in [-0.3, -0.25) is 4.79 Å². The molecule has 0 unspecified atom stereocenters. The average molecular weight is 358 g/mol. The predicted octanol–water partition coefficient (Wildman–Crippen LogP) is 4.67. The maximum absolute atomic E-state index is 12.9. The molecule has 0 atom stereocenters. The largest absolute Gasteiger partial charge is 0.465 e. The van der Waals surface area contributed by atoms with Gasteiger partial charge in [-0.1, -0.05) is 42.5 Å². The third kappa shape index (κ3) is 3.43. The van der Waals surface area contributed by atoms with Crippen LogP contribution < -0.4 is 10.2 Å². The third-order valence-corrected chi connectivity index (χ3v) is 3.92. The molecule has 4 aromatic rings. The van der Waals surface area contributed by atoms with Gasteiger partial charge < -0.3 is 13.6 Å². The number of carbonyl (C=O) groups is 1. The molecule has 0 bridgehead atoms. The number of carbonyl (C=O) groups excluding carboxylic acids is 1. The molecule has 4 rings (SSSR count). The molecule has 2 aromatic heterocycles. The highest BCUT2D eigenvalue weighted by atomic mass is 16.5. The molecule has 0 aliphatic carbocycles. The van der Waals surface area contributed by atoms with Gasteiger partial charge in [-0.05, 0) is 30.3 Å². The SMILES string of the molecule is O=C(C=Cc1ccco1)Oc1c(-c2ccccc2)oc2ccccc2c1=O. The number of hydrogen-bond donors (Lipinski definition) is 0. The fourth-order valence-corrected chi connectivity index (χ4v) is 2.67. The first-order chi connectivity index (χ1) is 13.2. The summed E-state index contributed by atoms with van der Waals surface area (Å²) in [6.07, 6.45) is 4.16. The number of ether oxygens (including phenoxy) is 1. The maximum atomic E-state index is 12.9. The van der Waals surface area contributed by atoms with Crippen molar-refractivity contribution in [3.8, 4) is 17.1 Å². The van der Waals surface area contributed by atoms with E-state index in [1.54, 1.807) is 48.5 Å². The van der Waals surface area contributed by atoms with Crippen LogP contribution in [0.2, 0.25) is 0 Å². The fourth-order valence-electron chi connectivity index (χ4n) is 2.67. The lowest BCUT2D eigenvalue weighted by atomic mass is 10.1. The van der Waals surface area contributed by atoms with Crippen molar-refractivity contribution in [2.75, 3.05) is 0 Å². The summed E-state index contributed by atoms with van der Waals surface area (Å²) in [6, 6.07) is 19.3. The molecule has 0 amide bonds. The smallest absolute Gasteiger partial charge is 0.336 e. The van der Waals surface area contributed by atoms with Crippen LogP contribution in [-0.2, 0) is 4.79 Å². The van der Waals surface area contributed by atoms with Crippen molar-refractivity contribution in [3.63, 3.8) is 0 Å². The minimum Gasteiger partial charge on any atom is -0.465 e. The minimum absolute atomic E-state index is 0.144. The Kier molecular flexibility index (Phi) is 4.41. The van der Waals surface area contributed by atoms with E-state index in [0.29, 0.717) is 22.3 Å². The summed E-state index contributed by atoms with van der Waals surface area (Å²) < 4.78 is 16.4. The van der Waals surface area contributed by atoms with Gasteiger partial charge in [0, 0.05) is 11.6 Å². The highest BCUT2D eigenvalue weighted by molar-refractivity contribution is 5.90. The summed E-state index contributed by atoms with van der Waals surface area (Å²) in [7, 11) is 0. The topological polar surface area (TPSA) is 69.7 Å². The van der Waals surface area contributed by atoms with Crippen LogP contribution in [0.1, 0.15) is 5.76 Å². The van der Waals surface area contributed by atoms with Gasteiger partial charge in [0.2, 0.25) is 11.2 Å². The molecule has 5 heteroatoms. The van der Waals surface area contributed by atoms with Crippen LogP contribution in [0.15, 0.2) is 92.7 Å². The van der Waals surface area contributed by atoms with Crippen molar-refractivity contribution in [2.45, 2.75) is 0 Å². The molecule has 0 aliphatic heterocycles. The number of para-hydroxylation sites is 1. The Labute approximate surface area is 154 Å². The minimum atomic E-state index is -0.703. The number of esters is 1. The van der Waals surface area contributed by atoms with E-state index < -0.39 is 11.4 Å². The van der Waals surface area contributed by atoms with E-state index in [2.05, 4.69) is 0 Å². The summed E-state index contributed by atoms with van der Waals surface area (Å²) >= 11 is 0. The molecule has 0 N–H and O–H groups in total. The third-order valence-electron chi connectivity index (χ3n) is 3.92. The van der Waals surface area contributed by atoms with Gasteiger partial charge in [0.25, 0.3) is 0 Å². The Morgan fingerprint density at radius 1 is 0.926 bits per heavy atom. The first-order valence-corrected chi connectivity index (χ1v) is 8.27. The van der Waals surface area contributed by atoms with Crippen LogP contribution >= 0.6 is 0 Å². The van der Waals surface area contributed by atoms with Crippen molar-refractivity contribution < 1.29 is 18.4 Å². The standard InChI is InChI=1S/C22H14O5/c23-19(13-12-16-9-6-14-25-16)27-22-20(24)17-10-4-5-11-18(17)26-21(22)15-7-2-1-3-8-15/h1-14H. The van der Waals surface area contributed by atoms with Gasteiger partial charge in [-0.15, -0.1) is 0 Å². The quantitative estimate of drug-likeness (QED) is 0.392. The number of rotatable bonds is 4. The second-order valence-electron chi connectivity index (χ2n) is 5.72. The number of hydrogen-bond acceptors (Lipinski definition) is 5. The molecule has 0 spiro atoms. The van der Waals surface area contributed by atoms with E-state index in [1.807, 2.05) is 18.2 Å². The molecular weight excluding hydrogens is 344 g/mol. The first kappa shape index (κ1) is 16.6. The summed E-state index contributed by atoms with van der Waals surface area (Å²) in [5.74, 6) is -0.139. The first-order valence-electron chi connectivity index (χ1n) is 8.27. The monoisotopic (exact) mass is 358 g/mol. The van der Waals surface area contributed by atoms with E-state index in [0.717, 1.165) is 0 Å². The van der Waals surface area contributed by atoms with E-state index in [4.69, 9.17) is 13.6 Å². The Balaban J connectivity index is 1.79. The molecule has 0 saturated heterocycles. The van der Waals surface area contributed by atoms with Crippen LogP contribution in [0.4, 0.5) is 0 Å². The van der Waals surface area contributed by atoms with E-state index >= 15 is 0 Å². The van der Waals surface area contributed by atoms with E-state index in [1.165, 1.54) is 18.4 Å². The maximum Gasteiger partial charge on any atom is 0.336 e. The molecule has 2 aromatic carbocycles. The second kappa shape index (κ2) is 7.17. The van der Waals surface area contributed by atoms with Gasteiger partial charge in [-0.25, -0.2) is 4.79 Å². The molecule has 0 radical (unpaired) electrons. The highest BCUT2D eigenvalue weighted by Crippen LogP contribution is 2.30. The van der Waals surface area contributed by atoms with Crippen molar-refractivity contribution >= 4 is 23.0 Å². The molecule has 0 fully saturated rings. The highest BCUT2D eigenvalue weighted by Gasteiger charge is 2.19. The lowest BCUT2D eigenvalue weighted by molar-refractivity contribution is -0.129. The summed E-state index contributed by atoms with van der Waals surface area (Å²) in [5, 5.41) is 0.343. The van der Waals surface area contributed by atoms with Crippen LogP contribution in [0.25, 0.3) is 28.4 Å². The van der Waals surface area contributed by atoms with Crippen LogP contribution in [0, 0.1) is 0 Å². The Bertz CT molecular complexity index is 1170. The second-order valence-corrected chi connectivity index (χ2v) is 5.72. The summed E-state index contributed by atoms with van der Waals surface area (Å²) in [4.78, 5) is 25.2. The zero-order valence-electron chi connectivity index (χ0n) is 14.1. The number of furan rings is 1. The number of fused-ring (bicyclic) bond motifs is 1. The molecule has 27 heavy (non-hydrogen) atoms. The van der Waals surface area contributed by atoms with Crippen molar-refractivity contribution in [3.05, 3.63) is 95.1 Å².